The molecule has 0 amide bonds. The van der Waals surface area contributed by atoms with Gasteiger partial charge >= 0.3 is 6.18 Å². The maximum Gasteiger partial charge on any atom is 0.411 e. The van der Waals surface area contributed by atoms with E-state index in [9.17, 15) is 17.6 Å². The third kappa shape index (κ3) is 4.66. The number of hydrogen-bond acceptors (Lipinski definition) is 5. The van der Waals surface area contributed by atoms with E-state index in [1.807, 2.05) is 0 Å². The van der Waals surface area contributed by atoms with Crippen molar-refractivity contribution in [2.24, 2.45) is 0 Å². The number of benzene rings is 1. The van der Waals surface area contributed by atoms with Gasteiger partial charge in [0.1, 0.15) is 23.9 Å². The number of anilines is 1. The van der Waals surface area contributed by atoms with Crippen molar-refractivity contribution in [1.29, 1.82) is 0 Å². The zero-order valence-corrected chi connectivity index (χ0v) is 16.4. The quantitative estimate of drug-likeness (QED) is 0.352. The molecule has 4 aromatic rings. The van der Waals surface area contributed by atoms with Crippen molar-refractivity contribution in [3.63, 3.8) is 0 Å². The largest absolute Gasteiger partial charge is 0.411 e. The fourth-order valence-corrected chi connectivity index (χ4v) is 3.12. The molecule has 0 spiro atoms. The number of nitrogens with zero attached hydrogens (tertiary/aromatic N) is 5. The average Bonchev–Trinajstić information content (AvgIpc) is 3.34. The lowest BCUT2D eigenvalue weighted by molar-refractivity contribution is -0.174. The van der Waals surface area contributed by atoms with E-state index in [1.165, 1.54) is 18.5 Å². The van der Waals surface area contributed by atoms with Crippen LogP contribution in [-0.2, 0) is 11.3 Å². The van der Waals surface area contributed by atoms with Gasteiger partial charge in [0.2, 0.25) is 0 Å². The van der Waals surface area contributed by atoms with Gasteiger partial charge in [0.05, 0.1) is 30.5 Å². The fourth-order valence-electron chi connectivity index (χ4n) is 3.12. The summed E-state index contributed by atoms with van der Waals surface area (Å²) in [7, 11) is 1.74. The molecule has 0 aliphatic heterocycles. The second-order valence-corrected chi connectivity index (χ2v) is 6.71. The SMILES string of the molecule is CNc1cn2nc(-c3c(-c4ccc(F)cc4)ncn3CCOCC(F)(F)F)ccc2n1. The smallest absolute Gasteiger partial charge is 0.372 e. The van der Waals surface area contributed by atoms with E-state index in [4.69, 9.17) is 4.74 Å². The van der Waals surface area contributed by atoms with Crippen LogP contribution < -0.4 is 5.32 Å². The molecule has 1 aromatic carbocycles. The van der Waals surface area contributed by atoms with Crippen molar-refractivity contribution in [2.75, 3.05) is 25.6 Å². The Labute approximate surface area is 174 Å². The van der Waals surface area contributed by atoms with Gasteiger partial charge in [-0.3, -0.25) is 0 Å². The van der Waals surface area contributed by atoms with Gasteiger partial charge in [-0.25, -0.2) is 18.9 Å². The molecule has 0 aliphatic rings. The van der Waals surface area contributed by atoms with Gasteiger partial charge < -0.3 is 14.6 Å². The zero-order chi connectivity index (χ0) is 22.0. The molecule has 0 radical (unpaired) electrons. The van der Waals surface area contributed by atoms with Gasteiger partial charge in [-0.15, -0.1) is 0 Å². The van der Waals surface area contributed by atoms with Crippen LogP contribution in [0.5, 0.6) is 0 Å². The van der Waals surface area contributed by atoms with Crippen LogP contribution in [0.3, 0.4) is 0 Å². The number of alkyl halides is 3. The first-order chi connectivity index (χ1) is 14.8. The molecule has 31 heavy (non-hydrogen) atoms. The van der Waals surface area contributed by atoms with Crippen molar-refractivity contribution in [2.45, 2.75) is 12.7 Å². The number of halogens is 4. The fraction of sp³-hybridized carbons (Fsp3) is 0.250. The van der Waals surface area contributed by atoms with E-state index in [0.29, 0.717) is 34.1 Å². The molecular formula is C20H18F4N6O. The molecule has 1 N–H and O–H groups in total. The lowest BCUT2D eigenvalue weighted by atomic mass is 10.1. The molecule has 3 aromatic heterocycles. The monoisotopic (exact) mass is 434 g/mol. The molecule has 0 saturated carbocycles. The summed E-state index contributed by atoms with van der Waals surface area (Å²) in [5.41, 5.74) is 2.89. The van der Waals surface area contributed by atoms with Crippen molar-refractivity contribution in [3.8, 4) is 22.6 Å². The highest BCUT2D eigenvalue weighted by atomic mass is 19.4. The van der Waals surface area contributed by atoms with Crippen LogP contribution in [0.1, 0.15) is 0 Å². The van der Waals surface area contributed by atoms with Crippen LogP contribution >= 0.6 is 0 Å². The molecule has 0 aliphatic carbocycles. The van der Waals surface area contributed by atoms with E-state index >= 15 is 0 Å². The molecule has 0 saturated heterocycles. The first-order valence-corrected chi connectivity index (χ1v) is 9.34. The summed E-state index contributed by atoms with van der Waals surface area (Å²) in [5, 5.41) is 7.51. The van der Waals surface area contributed by atoms with Crippen LogP contribution in [0.15, 0.2) is 48.9 Å². The van der Waals surface area contributed by atoms with Crippen LogP contribution in [-0.4, -0.2) is 50.6 Å². The highest BCUT2D eigenvalue weighted by molar-refractivity contribution is 5.77. The van der Waals surface area contributed by atoms with E-state index in [0.717, 1.165) is 0 Å². The summed E-state index contributed by atoms with van der Waals surface area (Å²) in [6.45, 7) is -1.36. The number of imidazole rings is 2. The van der Waals surface area contributed by atoms with Gasteiger partial charge in [0, 0.05) is 19.2 Å². The minimum Gasteiger partial charge on any atom is -0.372 e. The van der Waals surface area contributed by atoms with E-state index < -0.39 is 12.8 Å². The maximum absolute atomic E-state index is 13.4. The lowest BCUT2D eigenvalue weighted by Gasteiger charge is -2.12. The second kappa shape index (κ2) is 8.34. The molecule has 11 heteroatoms. The molecule has 0 bridgehead atoms. The number of hydrogen-bond donors (Lipinski definition) is 1. The Balaban J connectivity index is 1.72. The average molecular weight is 434 g/mol. The highest BCUT2D eigenvalue weighted by Crippen LogP contribution is 2.30. The van der Waals surface area contributed by atoms with E-state index in [-0.39, 0.29) is 19.0 Å². The molecular weight excluding hydrogens is 416 g/mol. The van der Waals surface area contributed by atoms with E-state index in [1.54, 1.807) is 46.6 Å². The summed E-state index contributed by atoms with van der Waals surface area (Å²) < 4.78 is 58.5. The number of rotatable bonds is 7. The van der Waals surface area contributed by atoms with Gasteiger partial charge in [-0.1, -0.05) is 0 Å². The second-order valence-electron chi connectivity index (χ2n) is 6.71. The van der Waals surface area contributed by atoms with Gasteiger partial charge in [-0.05, 0) is 36.4 Å². The third-order valence-electron chi connectivity index (χ3n) is 4.52. The molecule has 162 valence electrons. The molecule has 0 fully saturated rings. The Morgan fingerprint density at radius 2 is 1.87 bits per heavy atom. The third-order valence-corrected chi connectivity index (χ3v) is 4.52. The summed E-state index contributed by atoms with van der Waals surface area (Å²) in [4.78, 5) is 8.76. The number of aromatic nitrogens is 5. The Hall–Kier alpha value is -3.47. The molecule has 7 nitrogen and oxygen atoms in total. The predicted molar refractivity (Wildman–Crippen MR) is 106 cm³/mol. The van der Waals surface area contributed by atoms with Crippen molar-refractivity contribution in [1.82, 2.24) is 24.1 Å². The predicted octanol–water partition coefficient (Wildman–Crippen LogP) is 4.02. The minimum atomic E-state index is -4.39. The summed E-state index contributed by atoms with van der Waals surface area (Å²) in [6.07, 6.45) is -1.18. The van der Waals surface area contributed by atoms with Gasteiger partial charge in [0.25, 0.3) is 0 Å². The number of ether oxygens (including phenoxy) is 1. The lowest BCUT2D eigenvalue weighted by Crippen LogP contribution is -2.19. The van der Waals surface area contributed by atoms with Crippen molar-refractivity contribution >= 4 is 11.5 Å². The first kappa shape index (κ1) is 20.8. The van der Waals surface area contributed by atoms with E-state index in [2.05, 4.69) is 20.4 Å². The Morgan fingerprint density at radius 1 is 1.10 bits per heavy atom. The van der Waals surface area contributed by atoms with Crippen LogP contribution in [0.2, 0.25) is 0 Å². The highest BCUT2D eigenvalue weighted by Gasteiger charge is 2.27. The van der Waals surface area contributed by atoms with Crippen molar-refractivity contribution < 1.29 is 22.3 Å². The van der Waals surface area contributed by atoms with Crippen molar-refractivity contribution in [3.05, 3.63) is 54.7 Å². The molecule has 4 rings (SSSR count). The number of nitrogens with one attached hydrogen (secondary N) is 1. The zero-order valence-electron chi connectivity index (χ0n) is 16.4. The standard InChI is InChI=1S/C20H18F4N6O/c1-25-16-10-30-17(27-16)7-6-15(28-30)19-18(13-2-4-14(21)5-3-13)26-12-29(19)8-9-31-11-20(22,23)24/h2-7,10,12,25H,8-9,11H2,1H3. The summed E-state index contributed by atoms with van der Waals surface area (Å²) >= 11 is 0. The van der Waals surface area contributed by atoms with Crippen LogP contribution in [0.4, 0.5) is 23.4 Å². The van der Waals surface area contributed by atoms with Gasteiger partial charge in [-0.2, -0.15) is 18.3 Å². The maximum atomic E-state index is 13.4. The minimum absolute atomic E-state index is 0.130. The Morgan fingerprint density at radius 3 is 2.58 bits per heavy atom. The summed E-state index contributed by atoms with van der Waals surface area (Å²) in [5.74, 6) is 0.250. The summed E-state index contributed by atoms with van der Waals surface area (Å²) in [6, 6.07) is 9.32. The normalized spacial score (nSPS) is 11.9. The Kier molecular flexibility index (Phi) is 5.59. The number of fused-ring (bicyclic) bond motifs is 1. The van der Waals surface area contributed by atoms with Crippen LogP contribution in [0.25, 0.3) is 28.3 Å². The Bertz CT molecular complexity index is 1180. The van der Waals surface area contributed by atoms with Crippen LogP contribution in [0, 0.1) is 5.82 Å². The molecule has 0 unspecified atom stereocenters. The topological polar surface area (TPSA) is 69.3 Å². The molecule has 0 atom stereocenters. The van der Waals surface area contributed by atoms with Gasteiger partial charge in [0.15, 0.2) is 5.65 Å². The first-order valence-electron chi connectivity index (χ1n) is 9.34. The molecule has 3 heterocycles.